The summed E-state index contributed by atoms with van der Waals surface area (Å²) in [6, 6.07) is 1.87. The predicted molar refractivity (Wildman–Crippen MR) is 60.8 cm³/mol. The van der Waals surface area contributed by atoms with Gasteiger partial charge in [0.05, 0.1) is 5.69 Å². The van der Waals surface area contributed by atoms with Crippen LogP contribution in [0, 0.1) is 6.92 Å². The number of aromatic nitrogens is 4. The van der Waals surface area contributed by atoms with Crippen LogP contribution in [0.5, 0.6) is 0 Å². The first-order valence-corrected chi connectivity index (χ1v) is 5.18. The molecule has 0 saturated heterocycles. The van der Waals surface area contributed by atoms with Crippen molar-refractivity contribution in [1.29, 1.82) is 0 Å². The Bertz CT molecular complexity index is 553. The maximum atomic E-state index is 11.4. The summed E-state index contributed by atoms with van der Waals surface area (Å²) in [5.41, 5.74) is 1.45. The topological polar surface area (TPSA) is 63.6 Å². The standard InChI is InChI=1S/C11H14N4O/c1-7(2)9-4-10(14-11(16)13-9)15-5-8(3)12-6-15/h4-7H,1-3H3,(H,13,14,16). The first-order valence-electron chi connectivity index (χ1n) is 5.18. The molecule has 0 atom stereocenters. The molecule has 0 bridgehead atoms. The second-order valence-corrected chi connectivity index (χ2v) is 4.08. The second kappa shape index (κ2) is 3.92. The third-order valence-electron chi connectivity index (χ3n) is 2.35. The van der Waals surface area contributed by atoms with Gasteiger partial charge < -0.3 is 4.98 Å². The number of hydrogen-bond donors (Lipinski definition) is 1. The van der Waals surface area contributed by atoms with Crippen LogP contribution in [0.25, 0.3) is 5.82 Å². The maximum Gasteiger partial charge on any atom is 0.347 e. The fourth-order valence-corrected chi connectivity index (χ4v) is 1.45. The van der Waals surface area contributed by atoms with Gasteiger partial charge >= 0.3 is 5.69 Å². The van der Waals surface area contributed by atoms with E-state index < -0.39 is 0 Å². The molecule has 0 saturated carbocycles. The van der Waals surface area contributed by atoms with Gasteiger partial charge in [0.1, 0.15) is 12.1 Å². The van der Waals surface area contributed by atoms with Crippen LogP contribution in [0.4, 0.5) is 0 Å². The lowest BCUT2D eigenvalue weighted by Gasteiger charge is -2.06. The van der Waals surface area contributed by atoms with E-state index in [0.29, 0.717) is 5.82 Å². The third-order valence-corrected chi connectivity index (χ3v) is 2.35. The molecule has 0 amide bonds. The van der Waals surface area contributed by atoms with Gasteiger partial charge in [-0.05, 0) is 12.8 Å². The molecule has 84 valence electrons. The summed E-state index contributed by atoms with van der Waals surface area (Å²) in [4.78, 5) is 22.1. The Balaban J connectivity index is 2.53. The number of H-pyrrole nitrogens is 1. The van der Waals surface area contributed by atoms with E-state index in [1.165, 1.54) is 0 Å². The van der Waals surface area contributed by atoms with Crippen molar-refractivity contribution >= 4 is 0 Å². The van der Waals surface area contributed by atoms with Crippen molar-refractivity contribution in [1.82, 2.24) is 19.5 Å². The number of aromatic amines is 1. The Kier molecular flexibility index (Phi) is 2.60. The van der Waals surface area contributed by atoms with Gasteiger partial charge in [-0.1, -0.05) is 13.8 Å². The minimum Gasteiger partial charge on any atom is -0.309 e. The molecule has 5 nitrogen and oxygen atoms in total. The Morgan fingerprint density at radius 2 is 2.19 bits per heavy atom. The van der Waals surface area contributed by atoms with Crippen LogP contribution >= 0.6 is 0 Å². The molecule has 0 spiro atoms. The van der Waals surface area contributed by atoms with E-state index in [1.807, 2.05) is 33.0 Å². The first kappa shape index (κ1) is 10.6. The van der Waals surface area contributed by atoms with Crippen LogP contribution in [-0.2, 0) is 0 Å². The molecule has 0 radical (unpaired) electrons. The zero-order valence-electron chi connectivity index (χ0n) is 9.56. The molecule has 1 N–H and O–H groups in total. The van der Waals surface area contributed by atoms with Crippen LogP contribution in [0.2, 0.25) is 0 Å². The van der Waals surface area contributed by atoms with Crippen LogP contribution in [0.1, 0.15) is 31.2 Å². The molecule has 0 aromatic carbocycles. The second-order valence-electron chi connectivity index (χ2n) is 4.08. The Morgan fingerprint density at radius 3 is 2.75 bits per heavy atom. The average Bonchev–Trinajstić information content (AvgIpc) is 2.64. The number of imidazole rings is 1. The minimum absolute atomic E-state index is 0.263. The molecule has 5 heteroatoms. The summed E-state index contributed by atoms with van der Waals surface area (Å²) in [6.07, 6.45) is 3.49. The van der Waals surface area contributed by atoms with Gasteiger partial charge in [0.15, 0.2) is 0 Å². The van der Waals surface area contributed by atoms with Crippen molar-refractivity contribution in [2.24, 2.45) is 0 Å². The largest absolute Gasteiger partial charge is 0.347 e. The molecule has 2 rings (SSSR count). The summed E-state index contributed by atoms with van der Waals surface area (Å²) >= 11 is 0. The Hall–Kier alpha value is -1.91. The van der Waals surface area contributed by atoms with E-state index in [9.17, 15) is 4.79 Å². The van der Waals surface area contributed by atoms with Crippen LogP contribution in [0.15, 0.2) is 23.4 Å². The third kappa shape index (κ3) is 2.03. The van der Waals surface area contributed by atoms with Crippen molar-refractivity contribution in [2.45, 2.75) is 26.7 Å². The van der Waals surface area contributed by atoms with Gasteiger partial charge in [-0.25, -0.2) is 9.78 Å². The van der Waals surface area contributed by atoms with Crippen LogP contribution in [-0.4, -0.2) is 19.5 Å². The zero-order chi connectivity index (χ0) is 11.7. The Morgan fingerprint density at radius 1 is 1.44 bits per heavy atom. The van der Waals surface area contributed by atoms with Gasteiger partial charge in [0.2, 0.25) is 0 Å². The quantitative estimate of drug-likeness (QED) is 0.828. The predicted octanol–water partition coefficient (Wildman–Crippen LogP) is 1.39. The van der Waals surface area contributed by atoms with Gasteiger partial charge in [0, 0.05) is 18.0 Å². The summed E-state index contributed by atoms with van der Waals surface area (Å²) in [5.74, 6) is 0.868. The molecule has 0 fully saturated rings. The van der Waals surface area contributed by atoms with Crippen molar-refractivity contribution in [3.8, 4) is 5.82 Å². The summed E-state index contributed by atoms with van der Waals surface area (Å²) in [5, 5.41) is 0. The number of aryl methyl sites for hydroxylation is 1. The summed E-state index contributed by atoms with van der Waals surface area (Å²) in [6.45, 7) is 5.94. The van der Waals surface area contributed by atoms with Crippen molar-refractivity contribution < 1.29 is 0 Å². The lowest BCUT2D eigenvalue weighted by molar-refractivity contribution is 0.790. The molecule has 2 aromatic rings. The smallest absolute Gasteiger partial charge is 0.309 e. The number of hydrogen-bond acceptors (Lipinski definition) is 3. The molecular weight excluding hydrogens is 204 g/mol. The van der Waals surface area contributed by atoms with Gasteiger partial charge in [-0.15, -0.1) is 0 Å². The van der Waals surface area contributed by atoms with E-state index in [2.05, 4.69) is 15.0 Å². The average molecular weight is 218 g/mol. The molecule has 0 aliphatic carbocycles. The molecule has 0 unspecified atom stereocenters. The number of nitrogens with one attached hydrogen (secondary N) is 1. The Labute approximate surface area is 93.2 Å². The van der Waals surface area contributed by atoms with E-state index in [1.54, 1.807) is 10.9 Å². The van der Waals surface area contributed by atoms with E-state index in [-0.39, 0.29) is 11.6 Å². The van der Waals surface area contributed by atoms with Gasteiger partial charge in [-0.2, -0.15) is 4.98 Å². The molecular formula is C11H14N4O. The normalized spacial score (nSPS) is 11.0. The van der Waals surface area contributed by atoms with E-state index in [0.717, 1.165) is 11.4 Å². The lowest BCUT2D eigenvalue weighted by Crippen LogP contribution is -2.16. The molecule has 0 aliphatic heterocycles. The van der Waals surface area contributed by atoms with Crippen LogP contribution in [0.3, 0.4) is 0 Å². The van der Waals surface area contributed by atoms with Gasteiger partial charge in [0.25, 0.3) is 0 Å². The lowest BCUT2D eigenvalue weighted by atomic mass is 10.1. The maximum absolute atomic E-state index is 11.4. The monoisotopic (exact) mass is 218 g/mol. The minimum atomic E-state index is -0.326. The molecule has 0 aliphatic rings. The number of nitrogens with zero attached hydrogens (tertiary/aromatic N) is 3. The highest BCUT2D eigenvalue weighted by molar-refractivity contribution is 5.25. The molecule has 16 heavy (non-hydrogen) atoms. The highest BCUT2D eigenvalue weighted by Gasteiger charge is 2.06. The summed E-state index contributed by atoms with van der Waals surface area (Å²) < 4.78 is 1.75. The summed E-state index contributed by atoms with van der Waals surface area (Å²) in [7, 11) is 0. The SMILES string of the molecule is Cc1cn(-c2cc(C(C)C)[nH]c(=O)n2)cn1. The first-order chi connectivity index (χ1) is 7.56. The van der Waals surface area contributed by atoms with Crippen LogP contribution < -0.4 is 5.69 Å². The molecule has 2 heterocycles. The van der Waals surface area contributed by atoms with Crippen molar-refractivity contribution in [3.05, 3.63) is 40.5 Å². The van der Waals surface area contributed by atoms with Crippen molar-refractivity contribution in [2.75, 3.05) is 0 Å². The highest BCUT2D eigenvalue weighted by Crippen LogP contribution is 2.12. The number of rotatable bonds is 2. The zero-order valence-corrected chi connectivity index (χ0v) is 9.56. The van der Waals surface area contributed by atoms with Gasteiger partial charge in [-0.3, -0.25) is 4.57 Å². The fourth-order valence-electron chi connectivity index (χ4n) is 1.45. The molecule has 2 aromatic heterocycles. The van der Waals surface area contributed by atoms with E-state index >= 15 is 0 Å². The van der Waals surface area contributed by atoms with E-state index in [4.69, 9.17) is 0 Å². The fraction of sp³-hybridized carbons (Fsp3) is 0.364. The highest BCUT2D eigenvalue weighted by atomic mass is 16.1. The van der Waals surface area contributed by atoms with Crippen molar-refractivity contribution in [3.63, 3.8) is 0 Å².